The van der Waals surface area contributed by atoms with E-state index in [4.69, 9.17) is 0 Å². The Morgan fingerprint density at radius 2 is 1.62 bits per heavy atom. The molecule has 0 saturated heterocycles. The van der Waals surface area contributed by atoms with Crippen LogP contribution in [0.2, 0.25) is 0 Å². The molecule has 1 heteroatoms. The van der Waals surface area contributed by atoms with Crippen molar-refractivity contribution < 1.29 is 0 Å². The molecule has 13 heavy (non-hydrogen) atoms. The largest absolute Gasteiger partial charge is 0.133 e. The van der Waals surface area contributed by atoms with E-state index in [2.05, 4.69) is 40.4 Å². The van der Waals surface area contributed by atoms with Gasteiger partial charge in [0, 0.05) is 0 Å². The lowest BCUT2D eigenvalue weighted by molar-refractivity contribution is 0.717. The Bertz CT molecular complexity index is 225. The monoisotopic (exact) mass is 194 g/mol. The van der Waals surface area contributed by atoms with Crippen molar-refractivity contribution in [1.82, 2.24) is 0 Å². The molecule has 0 radical (unpaired) electrons. The van der Waals surface area contributed by atoms with Crippen LogP contribution in [0.15, 0.2) is 24.3 Å². The fraction of sp³-hybridized carbons (Fsp3) is 0.500. The molecule has 0 fully saturated rings. The van der Waals surface area contributed by atoms with Crippen molar-refractivity contribution in [3.05, 3.63) is 35.4 Å². The summed E-state index contributed by atoms with van der Waals surface area (Å²) in [4.78, 5) is 0. The van der Waals surface area contributed by atoms with Crippen molar-refractivity contribution in [2.24, 2.45) is 0 Å². The van der Waals surface area contributed by atoms with Gasteiger partial charge in [0.25, 0.3) is 0 Å². The quantitative estimate of drug-likeness (QED) is 0.494. The third-order valence-corrected chi connectivity index (χ3v) is 2.80. The van der Waals surface area contributed by atoms with E-state index < -0.39 is 0 Å². The summed E-state index contributed by atoms with van der Waals surface area (Å²) in [5.74, 6) is 0. The lowest BCUT2D eigenvalue weighted by Gasteiger charge is -2.01. The van der Waals surface area contributed by atoms with Crippen molar-refractivity contribution in [3.8, 4) is 0 Å². The SMILES string of the molecule is CCCCCc1ccc(CP)cc1. The highest BCUT2D eigenvalue weighted by atomic mass is 31.0. The van der Waals surface area contributed by atoms with Gasteiger partial charge in [-0.15, -0.1) is 9.24 Å². The molecule has 0 N–H and O–H groups in total. The predicted molar refractivity (Wildman–Crippen MR) is 63.1 cm³/mol. The molecule has 0 nitrogen and oxygen atoms in total. The Kier molecular flexibility index (Phi) is 5.08. The van der Waals surface area contributed by atoms with Crippen molar-refractivity contribution in [1.29, 1.82) is 0 Å². The third kappa shape index (κ3) is 3.91. The van der Waals surface area contributed by atoms with Crippen molar-refractivity contribution in [2.75, 3.05) is 0 Å². The third-order valence-electron chi connectivity index (χ3n) is 2.33. The minimum absolute atomic E-state index is 1.06. The van der Waals surface area contributed by atoms with E-state index >= 15 is 0 Å². The summed E-state index contributed by atoms with van der Waals surface area (Å²) in [6, 6.07) is 8.98. The predicted octanol–water partition coefficient (Wildman–Crippen LogP) is 3.79. The first-order chi connectivity index (χ1) is 6.36. The number of unbranched alkanes of at least 4 members (excludes halogenated alkanes) is 2. The van der Waals surface area contributed by atoms with Crippen molar-refractivity contribution in [2.45, 2.75) is 38.8 Å². The molecule has 0 saturated carbocycles. The van der Waals surface area contributed by atoms with Gasteiger partial charge >= 0.3 is 0 Å². The van der Waals surface area contributed by atoms with Crippen molar-refractivity contribution >= 4 is 9.24 Å². The number of benzene rings is 1. The van der Waals surface area contributed by atoms with Crippen LogP contribution in [0.4, 0.5) is 0 Å². The van der Waals surface area contributed by atoms with Crippen LogP contribution in [0.1, 0.15) is 37.3 Å². The van der Waals surface area contributed by atoms with E-state index in [1.165, 1.54) is 36.8 Å². The van der Waals surface area contributed by atoms with Crippen LogP contribution in [0.25, 0.3) is 0 Å². The molecule has 0 amide bonds. The summed E-state index contributed by atoms with van der Waals surface area (Å²) >= 11 is 0. The van der Waals surface area contributed by atoms with E-state index in [0.717, 1.165) is 6.16 Å². The zero-order valence-electron chi connectivity index (χ0n) is 8.42. The lowest BCUT2D eigenvalue weighted by Crippen LogP contribution is -1.85. The van der Waals surface area contributed by atoms with E-state index in [1.54, 1.807) is 0 Å². The van der Waals surface area contributed by atoms with Crippen LogP contribution in [0.5, 0.6) is 0 Å². The summed E-state index contributed by atoms with van der Waals surface area (Å²) in [7, 11) is 2.75. The highest BCUT2D eigenvalue weighted by molar-refractivity contribution is 7.15. The Morgan fingerprint density at radius 3 is 2.15 bits per heavy atom. The van der Waals surface area contributed by atoms with Gasteiger partial charge in [-0.25, -0.2) is 0 Å². The van der Waals surface area contributed by atoms with E-state index in [9.17, 15) is 0 Å². The molecular weight excluding hydrogens is 175 g/mol. The van der Waals surface area contributed by atoms with Crippen LogP contribution in [0.3, 0.4) is 0 Å². The Morgan fingerprint density at radius 1 is 1.00 bits per heavy atom. The number of rotatable bonds is 5. The fourth-order valence-corrected chi connectivity index (χ4v) is 1.69. The van der Waals surface area contributed by atoms with Crippen LogP contribution in [0, 0.1) is 0 Å². The Hall–Kier alpha value is -0.350. The molecular formula is C12H19P. The van der Waals surface area contributed by atoms with Crippen molar-refractivity contribution in [3.63, 3.8) is 0 Å². The van der Waals surface area contributed by atoms with Gasteiger partial charge < -0.3 is 0 Å². The molecule has 1 unspecified atom stereocenters. The number of hydrogen-bond acceptors (Lipinski definition) is 0. The van der Waals surface area contributed by atoms with Gasteiger partial charge in [-0.3, -0.25) is 0 Å². The minimum atomic E-state index is 1.06. The maximum absolute atomic E-state index is 2.75. The summed E-state index contributed by atoms with van der Waals surface area (Å²) in [6.45, 7) is 2.25. The van der Waals surface area contributed by atoms with Crippen LogP contribution < -0.4 is 0 Å². The van der Waals surface area contributed by atoms with Gasteiger partial charge in [0.2, 0.25) is 0 Å². The highest BCUT2D eigenvalue weighted by Crippen LogP contribution is 2.10. The molecule has 0 bridgehead atoms. The van der Waals surface area contributed by atoms with Gasteiger partial charge in [-0.1, -0.05) is 44.0 Å². The summed E-state index contributed by atoms with van der Waals surface area (Å²) in [5, 5.41) is 0. The molecule has 0 aliphatic carbocycles. The first-order valence-corrected chi connectivity index (χ1v) is 5.96. The standard InChI is InChI=1S/C12H19P/c1-2-3-4-5-11-6-8-12(10-13)9-7-11/h6-9H,2-5,10,13H2,1H3. The molecule has 0 aliphatic heterocycles. The fourth-order valence-electron chi connectivity index (χ4n) is 1.42. The first-order valence-electron chi connectivity index (χ1n) is 5.14. The minimum Gasteiger partial charge on any atom is -0.133 e. The molecule has 1 aromatic carbocycles. The summed E-state index contributed by atoms with van der Waals surface area (Å²) in [5.41, 5.74) is 2.89. The maximum Gasteiger partial charge on any atom is -0.0128 e. The summed E-state index contributed by atoms with van der Waals surface area (Å²) < 4.78 is 0. The second kappa shape index (κ2) is 6.16. The number of aryl methyl sites for hydroxylation is 1. The molecule has 1 aromatic rings. The van der Waals surface area contributed by atoms with Gasteiger partial charge in [0.1, 0.15) is 0 Å². The van der Waals surface area contributed by atoms with Gasteiger partial charge in [-0.05, 0) is 30.1 Å². The molecule has 72 valence electrons. The Balaban J connectivity index is 2.40. The van der Waals surface area contributed by atoms with Gasteiger partial charge in [-0.2, -0.15) is 0 Å². The molecule has 0 heterocycles. The molecule has 0 aromatic heterocycles. The van der Waals surface area contributed by atoms with Gasteiger partial charge in [0.05, 0.1) is 0 Å². The second-order valence-electron chi connectivity index (χ2n) is 3.48. The molecule has 0 spiro atoms. The van der Waals surface area contributed by atoms with E-state index in [1.807, 2.05) is 0 Å². The second-order valence-corrected chi connectivity index (χ2v) is 3.89. The zero-order valence-corrected chi connectivity index (χ0v) is 9.58. The van der Waals surface area contributed by atoms with E-state index in [-0.39, 0.29) is 0 Å². The molecule has 0 aliphatic rings. The van der Waals surface area contributed by atoms with Crippen LogP contribution in [-0.2, 0) is 12.6 Å². The van der Waals surface area contributed by atoms with Crippen LogP contribution in [-0.4, -0.2) is 0 Å². The van der Waals surface area contributed by atoms with Gasteiger partial charge in [0.15, 0.2) is 0 Å². The topological polar surface area (TPSA) is 0 Å². The highest BCUT2D eigenvalue weighted by Gasteiger charge is 1.93. The van der Waals surface area contributed by atoms with Crippen LogP contribution >= 0.6 is 9.24 Å². The average molecular weight is 194 g/mol. The Labute approximate surface area is 84.0 Å². The van der Waals surface area contributed by atoms with E-state index in [0.29, 0.717) is 0 Å². The lowest BCUT2D eigenvalue weighted by atomic mass is 10.1. The zero-order chi connectivity index (χ0) is 9.52. The first kappa shape index (κ1) is 10.7. The molecule has 1 rings (SSSR count). The number of hydrogen-bond donors (Lipinski definition) is 0. The smallest absolute Gasteiger partial charge is 0.0128 e. The molecule has 1 atom stereocenters. The average Bonchev–Trinajstić information content (AvgIpc) is 2.19. The summed E-state index contributed by atoms with van der Waals surface area (Å²) in [6.07, 6.45) is 6.30. The normalized spacial score (nSPS) is 10.3. The maximum atomic E-state index is 2.75.